The topological polar surface area (TPSA) is 68.0 Å². The van der Waals surface area contributed by atoms with E-state index in [0.29, 0.717) is 23.6 Å². The van der Waals surface area contributed by atoms with Crippen LogP contribution in [0.2, 0.25) is 0 Å². The quantitative estimate of drug-likeness (QED) is 0.537. The van der Waals surface area contributed by atoms with Crippen molar-refractivity contribution in [3.8, 4) is 11.1 Å². The van der Waals surface area contributed by atoms with E-state index in [1.54, 1.807) is 6.20 Å². The molecule has 1 saturated carbocycles. The Morgan fingerprint density at radius 1 is 1.21 bits per heavy atom. The first-order chi connectivity index (χ1) is 14.1. The summed E-state index contributed by atoms with van der Waals surface area (Å²) in [6, 6.07) is 12.1. The highest BCUT2D eigenvalue weighted by molar-refractivity contribution is 5.95. The zero-order valence-corrected chi connectivity index (χ0v) is 16.2. The van der Waals surface area contributed by atoms with Gasteiger partial charge in [-0.2, -0.15) is 0 Å². The van der Waals surface area contributed by atoms with Gasteiger partial charge < -0.3 is 9.67 Å². The van der Waals surface area contributed by atoms with Crippen molar-refractivity contribution in [3.63, 3.8) is 0 Å². The smallest absolute Gasteiger partial charge is 0.337 e. The molecule has 1 aliphatic rings. The third kappa shape index (κ3) is 3.29. The molecule has 1 N–H and O–H groups in total. The summed E-state index contributed by atoms with van der Waals surface area (Å²) in [6.07, 6.45) is 10.2. The van der Waals surface area contributed by atoms with Crippen molar-refractivity contribution >= 4 is 16.9 Å². The SMILES string of the molecule is Cn1ccc2cc(Cc3ncc(C4CC4)cc3C(=O)O)cc(-c3cccnc3)c21. The number of hydrogen-bond donors (Lipinski definition) is 1. The first-order valence-electron chi connectivity index (χ1n) is 9.80. The van der Waals surface area contributed by atoms with Crippen LogP contribution in [0.4, 0.5) is 0 Å². The van der Waals surface area contributed by atoms with Gasteiger partial charge in [0.15, 0.2) is 0 Å². The fourth-order valence-electron chi connectivity index (χ4n) is 4.02. The summed E-state index contributed by atoms with van der Waals surface area (Å²) in [6.45, 7) is 0. The molecule has 3 heterocycles. The van der Waals surface area contributed by atoms with E-state index < -0.39 is 5.97 Å². The number of fused-ring (bicyclic) bond motifs is 1. The van der Waals surface area contributed by atoms with E-state index in [0.717, 1.165) is 46.0 Å². The Morgan fingerprint density at radius 3 is 2.79 bits per heavy atom. The Morgan fingerprint density at radius 2 is 2.07 bits per heavy atom. The molecule has 0 radical (unpaired) electrons. The highest BCUT2D eigenvalue weighted by Crippen LogP contribution is 2.40. The number of carbonyl (C=O) groups is 1. The van der Waals surface area contributed by atoms with Gasteiger partial charge in [0, 0.05) is 54.8 Å². The lowest BCUT2D eigenvalue weighted by molar-refractivity contribution is 0.0695. The summed E-state index contributed by atoms with van der Waals surface area (Å²) in [5.41, 5.74) is 6.26. The van der Waals surface area contributed by atoms with Gasteiger partial charge in [0.05, 0.1) is 16.8 Å². The molecular weight excluding hydrogens is 362 g/mol. The molecule has 0 atom stereocenters. The Hall–Kier alpha value is -3.47. The van der Waals surface area contributed by atoms with Crippen LogP contribution in [0.5, 0.6) is 0 Å². The van der Waals surface area contributed by atoms with Gasteiger partial charge in [-0.25, -0.2) is 4.79 Å². The zero-order valence-electron chi connectivity index (χ0n) is 16.2. The van der Waals surface area contributed by atoms with Gasteiger partial charge >= 0.3 is 5.97 Å². The van der Waals surface area contributed by atoms with Gasteiger partial charge in [0.25, 0.3) is 0 Å². The molecule has 0 spiro atoms. The molecule has 0 saturated heterocycles. The zero-order chi connectivity index (χ0) is 20.0. The van der Waals surface area contributed by atoms with Gasteiger partial charge in [-0.1, -0.05) is 6.07 Å². The molecule has 4 aromatic rings. The van der Waals surface area contributed by atoms with Gasteiger partial charge in [-0.3, -0.25) is 9.97 Å². The summed E-state index contributed by atoms with van der Waals surface area (Å²) < 4.78 is 2.10. The van der Waals surface area contributed by atoms with Crippen molar-refractivity contribution in [1.82, 2.24) is 14.5 Å². The lowest BCUT2D eigenvalue weighted by Crippen LogP contribution is -2.07. The first-order valence-corrected chi connectivity index (χ1v) is 9.80. The molecule has 1 fully saturated rings. The fraction of sp³-hybridized carbons (Fsp3) is 0.208. The Kier molecular flexibility index (Phi) is 4.16. The number of carboxylic acids is 1. The van der Waals surface area contributed by atoms with Crippen LogP contribution in [0.1, 0.15) is 45.9 Å². The number of aromatic carboxylic acids is 1. The van der Waals surface area contributed by atoms with Crippen LogP contribution in [0.15, 0.2) is 61.2 Å². The van der Waals surface area contributed by atoms with E-state index >= 15 is 0 Å². The average molecular weight is 383 g/mol. The Bertz CT molecular complexity index is 1220. The van der Waals surface area contributed by atoms with Crippen LogP contribution in [-0.4, -0.2) is 25.6 Å². The Balaban J connectivity index is 1.61. The van der Waals surface area contributed by atoms with E-state index in [4.69, 9.17) is 0 Å². The minimum Gasteiger partial charge on any atom is -0.478 e. The molecule has 1 aliphatic carbocycles. The Labute approximate surface area is 168 Å². The lowest BCUT2D eigenvalue weighted by Gasteiger charge is -2.12. The molecule has 29 heavy (non-hydrogen) atoms. The highest BCUT2D eigenvalue weighted by Gasteiger charge is 2.26. The molecular formula is C24H21N3O2. The number of aryl methyl sites for hydroxylation is 1. The predicted molar refractivity (Wildman–Crippen MR) is 112 cm³/mol. The summed E-state index contributed by atoms with van der Waals surface area (Å²) in [4.78, 5) is 20.7. The van der Waals surface area contributed by atoms with Crippen LogP contribution in [0.25, 0.3) is 22.0 Å². The number of hydrogen-bond acceptors (Lipinski definition) is 3. The van der Waals surface area contributed by atoms with Crippen LogP contribution in [0.3, 0.4) is 0 Å². The third-order valence-electron chi connectivity index (χ3n) is 5.64. The minimum atomic E-state index is -0.914. The first kappa shape index (κ1) is 17.6. The van der Waals surface area contributed by atoms with E-state index in [1.807, 2.05) is 43.8 Å². The molecule has 0 bridgehead atoms. The summed E-state index contributed by atoms with van der Waals surface area (Å²) >= 11 is 0. The van der Waals surface area contributed by atoms with Crippen molar-refractivity contribution in [3.05, 3.63) is 83.6 Å². The van der Waals surface area contributed by atoms with Gasteiger partial charge in [0.2, 0.25) is 0 Å². The second-order valence-corrected chi connectivity index (χ2v) is 7.77. The molecule has 0 aliphatic heterocycles. The van der Waals surface area contributed by atoms with Crippen LogP contribution in [0, 0.1) is 0 Å². The van der Waals surface area contributed by atoms with Gasteiger partial charge in [-0.15, -0.1) is 0 Å². The van der Waals surface area contributed by atoms with Crippen LogP contribution < -0.4 is 0 Å². The monoisotopic (exact) mass is 383 g/mol. The molecule has 1 aromatic carbocycles. The van der Waals surface area contributed by atoms with Crippen LogP contribution >= 0.6 is 0 Å². The minimum absolute atomic E-state index is 0.311. The molecule has 5 heteroatoms. The molecule has 5 rings (SSSR count). The second kappa shape index (κ2) is 6.85. The molecule has 0 unspecified atom stereocenters. The van der Waals surface area contributed by atoms with Crippen molar-refractivity contribution in [2.75, 3.05) is 0 Å². The number of rotatable bonds is 5. The number of pyridine rings is 2. The van der Waals surface area contributed by atoms with E-state index in [2.05, 4.69) is 32.7 Å². The normalized spacial score (nSPS) is 13.7. The molecule has 3 aromatic heterocycles. The summed E-state index contributed by atoms with van der Waals surface area (Å²) in [5, 5.41) is 10.8. The van der Waals surface area contributed by atoms with E-state index in [-0.39, 0.29) is 0 Å². The maximum Gasteiger partial charge on any atom is 0.337 e. The standard InChI is InChI=1S/C24H21N3O2/c1-27-8-6-17-9-15(10-20(23(17)27)18-3-2-7-25-13-18)11-22-21(24(28)29)12-19(14-26-22)16-4-5-16/h2-3,6-10,12-14,16H,4-5,11H2,1H3,(H,28,29). The van der Waals surface area contributed by atoms with Crippen molar-refractivity contribution < 1.29 is 9.90 Å². The molecule has 5 nitrogen and oxygen atoms in total. The van der Waals surface area contributed by atoms with Crippen LogP contribution in [-0.2, 0) is 13.5 Å². The summed E-state index contributed by atoms with van der Waals surface area (Å²) in [5.74, 6) is -0.434. The lowest BCUT2D eigenvalue weighted by atomic mass is 9.97. The maximum absolute atomic E-state index is 11.9. The number of nitrogens with zero attached hydrogens (tertiary/aromatic N) is 3. The molecule has 144 valence electrons. The maximum atomic E-state index is 11.9. The van der Waals surface area contributed by atoms with E-state index in [1.165, 1.54) is 0 Å². The summed E-state index contributed by atoms with van der Waals surface area (Å²) in [7, 11) is 2.03. The van der Waals surface area contributed by atoms with E-state index in [9.17, 15) is 9.90 Å². The average Bonchev–Trinajstić information content (AvgIpc) is 3.52. The van der Waals surface area contributed by atoms with Crippen molar-refractivity contribution in [2.24, 2.45) is 7.05 Å². The predicted octanol–water partition coefficient (Wildman–Crippen LogP) is 4.80. The van der Waals surface area contributed by atoms with Gasteiger partial charge in [-0.05, 0) is 60.2 Å². The number of benzene rings is 1. The second-order valence-electron chi connectivity index (χ2n) is 7.77. The third-order valence-corrected chi connectivity index (χ3v) is 5.64. The van der Waals surface area contributed by atoms with Crippen molar-refractivity contribution in [2.45, 2.75) is 25.2 Å². The van der Waals surface area contributed by atoms with Gasteiger partial charge in [0.1, 0.15) is 0 Å². The largest absolute Gasteiger partial charge is 0.478 e. The molecule has 0 amide bonds. The van der Waals surface area contributed by atoms with Crippen molar-refractivity contribution in [1.29, 1.82) is 0 Å². The fourth-order valence-corrected chi connectivity index (χ4v) is 4.02. The highest BCUT2D eigenvalue weighted by atomic mass is 16.4. The number of carboxylic acid groups (broad SMARTS) is 1. The number of aromatic nitrogens is 3.